The molecule has 3 rings (SSSR count). The standard InChI is InChI=1S/C16H15NO/c18-16-8-4-2-5-12(16)9-10-14-11-13-6-1-3-7-15(13)17-14/h1-10,14,17-18H,11H2/p-1/b10-9-. The Morgan fingerprint density at radius 3 is 2.67 bits per heavy atom. The van der Waals surface area contributed by atoms with Gasteiger partial charge >= 0.3 is 0 Å². The second-order valence-corrected chi connectivity index (χ2v) is 4.51. The molecule has 0 aromatic heterocycles. The van der Waals surface area contributed by atoms with Gasteiger partial charge < -0.3 is 10.4 Å². The molecule has 2 aromatic rings. The molecular weight excluding hydrogens is 222 g/mol. The highest BCUT2D eigenvalue weighted by Gasteiger charge is 2.16. The molecule has 0 spiro atoms. The van der Waals surface area contributed by atoms with Crippen LogP contribution in [0, 0.1) is 0 Å². The Labute approximate surface area is 107 Å². The molecule has 0 saturated carbocycles. The fraction of sp³-hybridized carbons (Fsp3) is 0.125. The van der Waals surface area contributed by atoms with Gasteiger partial charge in [-0.05, 0) is 23.6 Å². The van der Waals surface area contributed by atoms with Crippen LogP contribution in [-0.4, -0.2) is 6.04 Å². The maximum atomic E-state index is 11.6. The molecule has 1 atom stereocenters. The predicted octanol–water partition coefficient (Wildman–Crippen LogP) is 2.81. The van der Waals surface area contributed by atoms with Crippen LogP contribution in [0.2, 0.25) is 0 Å². The highest BCUT2D eigenvalue weighted by Crippen LogP contribution is 2.26. The summed E-state index contributed by atoms with van der Waals surface area (Å²) in [6, 6.07) is 15.7. The van der Waals surface area contributed by atoms with E-state index in [4.69, 9.17) is 0 Å². The third-order valence-electron chi connectivity index (χ3n) is 3.23. The second kappa shape index (κ2) is 4.57. The summed E-state index contributed by atoms with van der Waals surface area (Å²) in [4.78, 5) is 0. The smallest absolute Gasteiger partial charge is 0.0488 e. The molecular formula is C16H14NO-. The van der Waals surface area contributed by atoms with Gasteiger partial charge in [-0.1, -0.05) is 54.6 Å². The van der Waals surface area contributed by atoms with Crippen molar-refractivity contribution < 1.29 is 5.11 Å². The van der Waals surface area contributed by atoms with Gasteiger partial charge in [-0.25, -0.2) is 0 Å². The third kappa shape index (κ3) is 2.09. The van der Waals surface area contributed by atoms with Crippen LogP contribution in [0.3, 0.4) is 0 Å². The monoisotopic (exact) mass is 236 g/mol. The molecule has 2 heteroatoms. The van der Waals surface area contributed by atoms with Crippen molar-refractivity contribution in [2.45, 2.75) is 12.5 Å². The van der Waals surface area contributed by atoms with Gasteiger partial charge in [0.25, 0.3) is 0 Å². The summed E-state index contributed by atoms with van der Waals surface area (Å²) in [5, 5.41) is 15.0. The van der Waals surface area contributed by atoms with Crippen LogP contribution < -0.4 is 10.4 Å². The van der Waals surface area contributed by atoms with E-state index in [0.717, 1.165) is 12.0 Å². The molecule has 90 valence electrons. The molecule has 1 heterocycles. The molecule has 0 aliphatic carbocycles. The molecule has 1 N–H and O–H groups in total. The molecule has 1 aliphatic rings. The van der Waals surface area contributed by atoms with Crippen LogP contribution in [0.1, 0.15) is 11.1 Å². The normalized spacial score (nSPS) is 17.7. The summed E-state index contributed by atoms with van der Waals surface area (Å²) in [5.74, 6) is 0.0734. The van der Waals surface area contributed by atoms with Crippen molar-refractivity contribution in [1.82, 2.24) is 0 Å². The van der Waals surface area contributed by atoms with Crippen LogP contribution in [-0.2, 0) is 6.42 Å². The number of fused-ring (bicyclic) bond motifs is 1. The molecule has 0 fully saturated rings. The Bertz CT molecular complexity index is 564. The zero-order valence-electron chi connectivity index (χ0n) is 9.97. The van der Waals surface area contributed by atoms with Crippen molar-refractivity contribution in [3.05, 3.63) is 65.7 Å². The first-order chi connectivity index (χ1) is 8.83. The van der Waals surface area contributed by atoms with Crippen LogP contribution >= 0.6 is 0 Å². The van der Waals surface area contributed by atoms with Gasteiger partial charge in [0, 0.05) is 11.7 Å². The SMILES string of the molecule is [O-]c1ccccc1/C=C\C1Cc2ccccc2N1. The molecule has 0 saturated heterocycles. The molecule has 2 nitrogen and oxygen atoms in total. The number of nitrogens with one attached hydrogen (secondary N) is 1. The topological polar surface area (TPSA) is 35.1 Å². The summed E-state index contributed by atoms with van der Waals surface area (Å²) in [6.07, 6.45) is 4.95. The summed E-state index contributed by atoms with van der Waals surface area (Å²) in [7, 11) is 0. The van der Waals surface area contributed by atoms with E-state index in [1.165, 1.54) is 11.3 Å². The Morgan fingerprint density at radius 1 is 1.06 bits per heavy atom. The van der Waals surface area contributed by atoms with Gasteiger partial charge in [-0.15, -0.1) is 5.75 Å². The number of anilines is 1. The molecule has 1 aliphatic heterocycles. The fourth-order valence-corrected chi connectivity index (χ4v) is 2.28. The second-order valence-electron chi connectivity index (χ2n) is 4.51. The number of hydrogen-bond donors (Lipinski definition) is 1. The van der Waals surface area contributed by atoms with Gasteiger partial charge in [-0.3, -0.25) is 0 Å². The minimum atomic E-state index is 0.0734. The van der Waals surface area contributed by atoms with Crippen molar-refractivity contribution in [2.24, 2.45) is 0 Å². The predicted molar refractivity (Wildman–Crippen MR) is 72.5 cm³/mol. The van der Waals surface area contributed by atoms with Gasteiger partial charge in [0.15, 0.2) is 0 Å². The van der Waals surface area contributed by atoms with Crippen molar-refractivity contribution in [1.29, 1.82) is 0 Å². The lowest BCUT2D eigenvalue weighted by molar-refractivity contribution is -0.268. The van der Waals surface area contributed by atoms with E-state index in [0.29, 0.717) is 0 Å². The first-order valence-corrected chi connectivity index (χ1v) is 6.11. The Balaban J connectivity index is 1.75. The Kier molecular flexibility index (Phi) is 2.77. The lowest BCUT2D eigenvalue weighted by atomic mass is 10.1. The van der Waals surface area contributed by atoms with Gasteiger partial charge in [0.2, 0.25) is 0 Å². The summed E-state index contributed by atoms with van der Waals surface area (Å²) in [5.41, 5.74) is 3.28. The Morgan fingerprint density at radius 2 is 1.83 bits per heavy atom. The maximum absolute atomic E-state index is 11.6. The van der Waals surface area contributed by atoms with E-state index in [9.17, 15) is 5.11 Å². The van der Waals surface area contributed by atoms with Crippen LogP contribution in [0.4, 0.5) is 5.69 Å². The molecule has 0 bridgehead atoms. The number of hydrogen-bond acceptors (Lipinski definition) is 2. The molecule has 18 heavy (non-hydrogen) atoms. The average Bonchev–Trinajstić information content (AvgIpc) is 2.80. The van der Waals surface area contributed by atoms with Crippen molar-refractivity contribution in [2.75, 3.05) is 5.32 Å². The highest BCUT2D eigenvalue weighted by molar-refractivity contribution is 5.61. The maximum Gasteiger partial charge on any atom is 0.0488 e. The average molecular weight is 236 g/mol. The van der Waals surface area contributed by atoms with E-state index >= 15 is 0 Å². The zero-order chi connectivity index (χ0) is 12.4. The van der Waals surface area contributed by atoms with E-state index in [1.54, 1.807) is 12.1 Å². The summed E-state index contributed by atoms with van der Waals surface area (Å²) in [6.45, 7) is 0. The molecule has 1 unspecified atom stereocenters. The summed E-state index contributed by atoms with van der Waals surface area (Å²) >= 11 is 0. The number of para-hydroxylation sites is 2. The van der Waals surface area contributed by atoms with Gasteiger partial charge in [0.05, 0.1) is 0 Å². The fourth-order valence-electron chi connectivity index (χ4n) is 2.28. The van der Waals surface area contributed by atoms with E-state index in [1.807, 2.05) is 24.3 Å². The Hall–Kier alpha value is -2.22. The van der Waals surface area contributed by atoms with Crippen molar-refractivity contribution >= 4 is 11.8 Å². The minimum Gasteiger partial charge on any atom is -0.872 e. The molecule has 2 aromatic carbocycles. The minimum absolute atomic E-state index is 0.0734. The quantitative estimate of drug-likeness (QED) is 0.870. The van der Waals surface area contributed by atoms with E-state index in [-0.39, 0.29) is 11.8 Å². The highest BCUT2D eigenvalue weighted by atomic mass is 16.3. The van der Waals surface area contributed by atoms with Crippen LogP contribution in [0.25, 0.3) is 6.08 Å². The first-order valence-electron chi connectivity index (χ1n) is 6.11. The van der Waals surface area contributed by atoms with Gasteiger partial charge in [-0.2, -0.15) is 0 Å². The van der Waals surface area contributed by atoms with E-state index < -0.39 is 0 Å². The van der Waals surface area contributed by atoms with Gasteiger partial charge in [0.1, 0.15) is 0 Å². The van der Waals surface area contributed by atoms with Crippen LogP contribution in [0.15, 0.2) is 54.6 Å². The lowest BCUT2D eigenvalue weighted by Gasteiger charge is -2.10. The van der Waals surface area contributed by atoms with E-state index in [2.05, 4.69) is 29.6 Å². The molecule has 0 amide bonds. The zero-order valence-corrected chi connectivity index (χ0v) is 9.97. The van der Waals surface area contributed by atoms with Crippen molar-refractivity contribution in [3.8, 4) is 5.75 Å². The van der Waals surface area contributed by atoms with Crippen LogP contribution in [0.5, 0.6) is 5.75 Å². The third-order valence-corrected chi connectivity index (χ3v) is 3.23. The largest absolute Gasteiger partial charge is 0.872 e. The first kappa shape index (κ1) is 10.9. The summed E-state index contributed by atoms with van der Waals surface area (Å²) < 4.78 is 0. The molecule has 0 radical (unpaired) electrons. The lowest BCUT2D eigenvalue weighted by Crippen LogP contribution is -2.11. The number of rotatable bonds is 2. The number of benzene rings is 2. The van der Waals surface area contributed by atoms with Crippen molar-refractivity contribution in [3.63, 3.8) is 0 Å².